The Balaban J connectivity index is 2.55. The molecule has 1 aromatic carbocycles. The Morgan fingerprint density at radius 2 is 2.11 bits per heavy atom. The lowest BCUT2D eigenvalue weighted by molar-refractivity contribution is -0.384. The summed E-state index contributed by atoms with van der Waals surface area (Å²) < 4.78 is 4.97. The molecule has 98 valence electrons. The molecule has 0 unspecified atom stereocenters. The fourth-order valence-electron chi connectivity index (χ4n) is 1.63. The van der Waals surface area contributed by atoms with Gasteiger partial charge >= 0.3 is 0 Å². The summed E-state index contributed by atoms with van der Waals surface area (Å²) >= 11 is 5.89. The quantitative estimate of drug-likeness (QED) is 0.488. The molecule has 6 nitrogen and oxygen atoms in total. The van der Waals surface area contributed by atoms with Crippen molar-refractivity contribution in [2.45, 2.75) is 6.61 Å². The number of ether oxygens (including phenoxy) is 1. The van der Waals surface area contributed by atoms with Crippen LogP contribution in [0, 0.1) is 10.1 Å². The normalized spacial score (nSPS) is 10.4. The minimum Gasteiger partial charge on any atom is -0.378 e. The summed E-state index contributed by atoms with van der Waals surface area (Å²) in [7, 11) is 1.53. The molecule has 0 amide bonds. The van der Waals surface area contributed by atoms with Crippen molar-refractivity contribution >= 4 is 17.3 Å². The molecule has 0 saturated heterocycles. The molecule has 7 heteroatoms. The zero-order chi connectivity index (χ0) is 13.8. The van der Waals surface area contributed by atoms with Crippen LogP contribution in [0.3, 0.4) is 0 Å². The second-order valence-corrected chi connectivity index (χ2v) is 4.10. The van der Waals surface area contributed by atoms with E-state index in [2.05, 4.69) is 9.97 Å². The summed E-state index contributed by atoms with van der Waals surface area (Å²) in [5, 5.41) is 11.2. The number of nitro groups is 1. The standard InChI is InChI=1S/C12H10ClN3O3/c1-19-7-8-6-11(13)15-12(14-8)9-4-2-3-5-10(9)16(17)18/h2-6H,7H2,1H3. The highest BCUT2D eigenvalue weighted by Crippen LogP contribution is 2.27. The van der Waals surface area contributed by atoms with Gasteiger partial charge < -0.3 is 4.74 Å². The lowest BCUT2D eigenvalue weighted by atomic mass is 10.1. The van der Waals surface area contributed by atoms with Crippen molar-refractivity contribution in [1.29, 1.82) is 0 Å². The molecule has 0 aliphatic heterocycles. The van der Waals surface area contributed by atoms with Gasteiger partial charge in [0.15, 0.2) is 5.82 Å². The van der Waals surface area contributed by atoms with Gasteiger partial charge in [-0.15, -0.1) is 0 Å². The average molecular weight is 280 g/mol. The molecule has 2 aromatic rings. The van der Waals surface area contributed by atoms with Crippen LogP contribution in [-0.2, 0) is 11.3 Å². The lowest BCUT2D eigenvalue weighted by Gasteiger charge is -2.05. The third-order valence-electron chi connectivity index (χ3n) is 2.38. The Morgan fingerprint density at radius 3 is 2.79 bits per heavy atom. The van der Waals surface area contributed by atoms with Crippen molar-refractivity contribution in [1.82, 2.24) is 9.97 Å². The molecule has 0 fully saturated rings. The number of aromatic nitrogens is 2. The monoisotopic (exact) mass is 279 g/mol. The van der Waals surface area contributed by atoms with Gasteiger partial charge in [0.05, 0.1) is 22.8 Å². The van der Waals surface area contributed by atoms with Gasteiger partial charge in [-0.2, -0.15) is 0 Å². The summed E-state index contributed by atoms with van der Waals surface area (Å²) in [6, 6.07) is 7.81. The molecule has 0 spiro atoms. The number of methoxy groups -OCH3 is 1. The van der Waals surface area contributed by atoms with Crippen molar-refractivity contribution < 1.29 is 9.66 Å². The number of hydrogen-bond donors (Lipinski definition) is 0. The summed E-state index contributed by atoms with van der Waals surface area (Å²) in [5.41, 5.74) is 0.830. The van der Waals surface area contributed by atoms with E-state index in [4.69, 9.17) is 16.3 Å². The molecular formula is C12H10ClN3O3. The Morgan fingerprint density at radius 1 is 1.37 bits per heavy atom. The van der Waals surface area contributed by atoms with Crippen molar-refractivity contribution in [2.75, 3.05) is 7.11 Å². The van der Waals surface area contributed by atoms with Crippen LogP contribution >= 0.6 is 11.6 Å². The minimum atomic E-state index is -0.477. The van der Waals surface area contributed by atoms with Gasteiger partial charge in [-0.25, -0.2) is 9.97 Å². The summed E-state index contributed by atoms with van der Waals surface area (Å²) in [6.07, 6.45) is 0. The van der Waals surface area contributed by atoms with Crippen molar-refractivity contribution in [2.24, 2.45) is 0 Å². The van der Waals surface area contributed by atoms with Crippen LogP contribution in [0.25, 0.3) is 11.4 Å². The Labute approximate surface area is 114 Å². The second kappa shape index (κ2) is 5.73. The SMILES string of the molecule is COCc1cc(Cl)nc(-c2ccccc2[N+](=O)[O-])n1. The highest BCUT2D eigenvalue weighted by Gasteiger charge is 2.17. The first-order valence-electron chi connectivity index (χ1n) is 5.38. The largest absolute Gasteiger partial charge is 0.378 e. The zero-order valence-corrected chi connectivity index (χ0v) is 10.8. The fraction of sp³-hybridized carbons (Fsp3) is 0.167. The Kier molecular flexibility index (Phi) is 4.03. The van der Waals surface area contributed by atoms with Crippen LogP contribution in [0.1, 0.15) is 5.69 Å². The van der Waals surface area contributed by atoms with Gasteiger partial charge in [0.2, 0.25) is 0 Å². The minimum absolute atomic E-state index is 0.0619. The zero-order valence-electron chi connectivity index (χ0n) is 10.0. The number of benzene rings is 1. The van der Waals surface area contributed by atoms with Crippen molar-refractivity contribution in [3.8, 4) is 11.4 Å². The van der Waals surface area contributed by atoms with E-state index in [9.17, 15) is 10.1 Å². The number of para-hydroxylation sites is 1. The molecule has 0 atom stereocenters. The molecule has 0 saturated carbocycles. The predicted molar refractivity (Wildman–Crippen MR) is 69.8 cm³/mol. The van der Waals surface area contributed by atoms with E-state index in [1.807, 2.05) is 0 Å². The molecule has 1 heterocycles. The van der Waals surface area contributed by atoms with Gasteiger partial charge in [-0.1, -0.05) is 23.7 Å². The average Bonchev–Trinajstić information content (AvgIpc) is 2.38. The number of hydrogen-bond acceptors (Lipinski definition) is 5. The smallest absolute Gasteiger partial charge is 0.280 e. The van der Waals surface area contributed by atoms with Gasteiger partial charge in [0.1, 0.15) is 5.15 Å². The van der Waals surface area contributed by atoms with E-state index >= 15 is 0 Å². The van der Waals surface area contributed by atoms with E-state index < -0.39 is 4.92 Å². The maximum Gasteiger partial charge on any atom is 0.280 e. The second-order valence-electron chi connectivity index (χ2n) is 3.71. The maximum atomic E-state index is 11.0. The first-order valence-corrected chi connectivity index (χ1v) is 5.76. The number of nitrogens with zero attached hydrogens (tertiary/aromatic N) is 3. The number of nitro benzene ring substituents is 1. The van der Waals surface area contributed by atoms with Crippen LogP contribution in [0.2, 0.25) is 5.15 Å². The molecule has 0 radical (unpaired) electrons. The van der Waals surface area contributed by atoms with Crippen LogP contribution in [-0.4, -0.2) is 22.0 Å². The van der Waals surface area contributed by atoms with E-state index in [-0.39, 0.29) is 23.3 Å². The predicted octanol–water partition coefficient (Wildman–Crippen LogP) is 2.85. The Bertz CT molecular complexity index is 619. The summed E-state index contributed by atoms with van der Waals surface area (Å²) in [4.78, 5) is 18.7. The molecule has 0 N–H and O–H groups in total. The number of rotatable bonds is 4. The highest BCUT2D eigenvalue weighted by atomic mass is 35.5. The third-order valence-corrected chi connectivity index (χ3v) is 2.58. The van der Waals surface area contributed by atoms with E-state index in [1.165, 1.54) is 13.2 Å². The van der Waals surface area contributed by atoms with Gasteiger partial charge in [0, 0.05) is 13.2 Å². The van der Waals surface area contributed by atoms with E-state index in [0.717, 1.165) is 0 Å². The molecule has 0 aliphatic rings. The van der Waals surface area contributed by atoms with Crippen LogP contribution in [0.5, 0.6) is 0 Å². The fourth-order valence-corrected chi connectivity index (χ4v) is 1.83. The molecule has 0 bridgehead atoms. The lowest BCUT2D eigenvalue weighted by Crippen LogP contribution is -2.00. The maximum absolute atomic E-state index is 11.0. The molecule has 0 aliphatic carbocycles. The van der Waals surface area contributed by atoms with Gasteiger partial charge in [-0.3, -0.25) is 10.1 Å². The summed E-state index contributed by atoms with van der Waals surface area (Å²) in [5.74, 6) is 0.215. The van der Waals surface area contributed by atoms with Crippen molar-refractivity contribution in [3.05, 3.63) is 51.3 Å². The third kappa shape index (κ3) is 3.04. The van der Waals surface area contributed by atoms with Crippen molar-refractivity contribution in [3.63, 3.8) is 0 Å². The van der Waals surface area contributed by atoms with Crippen LogP contribution in [0.15, 0.2) is 30.3 Å². The van der Waals surface area contributed by atoms with Crippen LogP contribution < -0.4 is 0 Å². The molecule has 2 rings (SSSR count). The number of halogens is 1. The summed E-state index contributed by atoms with van der Waals surface area (Å²) in [6.45, 7) is 0.260. The van der Waals surface area contributed by atoms with Gasteiger partial charge in [-0.05, 0) is 12.1 Å². The highest BCUT2D eigenvalue weighted by molar-refractivity contribution is 6.29. The van der Waals surface area contributed by atoms with Crippen LogP contribution in [0.4, 0.5) is 5.69 Å². The molecular weight excluding hydrogens is 270 g/mol. The van der Waals surface area contributed by atoms with Gasteiger partial charge in [0.25, 0.3) is 5.69 Å². The van der Waals surface area contributed by atoms with E-state index in [0.29, 0.717) is 11.3 Å². The molecule has 1 aromatic heterocycles. The van der Waals surface area contributed by atoms with E-state index in [1.54, 1.807) is 24.3 Å². The molecule has 19 heavy (non-hydrogen) atoms. The topological polar surface area (TPSA) is 78.2 Å². The first-order chi connectivity index (χ1) is 9.11. The Hall–Kier alpha value is -2.05. The first kappa shape index (κ1) is 13.4.